The maximum Gasteiger partial charge on any atom is 0.424 e. The average molecular weight is 671 g/mol. The van der Waals surface area contributed by atoms with Crippen molar-refractivity contribution in [2.24, 2.45) is 0 Å². The topological polar surface area (TPSA) is 3.24 Å². The first-order valence-electron chi connectivity index (χ1n) is 8.02. The Hall–Kier alpha value is -1.93. The van der Waals surface area contributed by atoms with E-state index in [0.717, 1.165) is 0 Å². The third kappa shape index (κ3) is 4.71. The zero-order valence-corrected chi connectivity index (χ0v) is 16.7. The van der Waals surface area contributed by atoms with E-state index in [1.807, 2.05) is 0 Å². The van der Waals surface area contributed by atoms with Crippen LogP contribution < -0.4 is 0 Å². The van der Waals surface area contributed by atoms with E-state index in [-0.39, 0.29) is 0 Å². The second kappa shape index (κ2) is 9.03. The molecular weight excluding hydrogens is 671 g/mol. The van der Waals surface area contributed by atoms with E-state index in [1.165, 1.54) is 0 Å². The molecule has 242 valence electrons. The molecular formula is C12F27N. The predicted molar refractivity (Wildman–Crippen MR) is 64.5 cm³/mol. The molecule has 0 saturated heterocycles. The first-order valence-corrected chi connectivity index (χ1v) is 8.02. The summed E-state index contributed by atoms with van der Waals surface area (Å²) in [5, 5.41) is 0. The van der Waals surface area contributed by atoms with E-state index < -0.39 is 77.1 Å². The van der Waals surface area contributed by atoms with Crippen molar-refractivity contribution >= 4 is 0 Å². The van der Waals surface area contributed by atoms with Crippen molar-refractivity contribution in [3.63, 3.8) is 0 Å². The minimum absolute atomic E-state index is 6.81. The molecule has 1 nitrogen and oxygen atoms in total. The second-order valence-electron chi connectivity index (χ2n) is 6.95. The molecule has 28 heteroatoms. The lowest BCUT2D eigenvalue weighted by molar-refractivity contribution is -0.548. The summed E-state index contributed by atoms with van der Waals surface area (Å²) in [7, 11) is 0. The molecule has 0 bridgehead atoms. The Bertz CT molecular complexity index is 657. The van der Waals surface area contributed by atoms with Crippen LogP contribution in [0.15, 0.2) is 0 Å². The van der Waals surface area contributed by atoms with E-state index >= 15 is 0 Å². The van der Waals surface area contributed by atoms with E-state index in [2.05, 4.69) is 0 Å². The third-order valence-corrected chi connectivity index (χ3v) is 4.70. The van der Waals surface area contributed by atoms with Gasteiger partial charge in [0.05, 0.1) is 0 Å². The van der Waals surface area contributed by atoms with Crippen LogP contribution in [0.4, 0.5) is 119 Å². The summed E-state index contributed by atoms with van der Waals surface area (Å²) in [4.78, 5) is -6.81. The SMILES string of the molecule is FC(F)(F)C(N(C(C(F)(F)F)(C(F)(F)F)C(F)(F)F)C(C(F)(F)F)(C(F)(F)F)C(F)(F)F)(C(F)(F)F)C(F)(F)F. The molecule has 0 N–H and O–H groups in total. The van der Waals surface area contributed by atoms with Crippen LogP contribution in [-0.4, -0.2) is 77.1 Å². The Morgan fingerprint density at radius 1 is 0.175 bits per heavy atom. The third-order valence-electron chi connectivity index (χ3n) is 4.70. The van der Waals surface area contributed by atoms with Crippen molar-refractivity contribution in [1.29, 1.82) is 0 Å². The van der Waals surface area contributed by atoms with Gasteiger partial charge in [0.15, 0.2) is 0 Å². The number of hydrogen-bond donors (Lipinski definition) is 0. The van der Waals surface area contributed by atoms with E-state index in [4.69, 9.17) is 0 Å². The highest BCUT2D eigenvalue weighted by molar-refractivity contribution is 5.28. The summed E-state index contributed by atoms with van der Waals surface area (Å²) >= 11 is 0. The molecule has 0 heterocycles. The molecule has 0 radical (unpaired) electrons. The maximum absolute atomic E-state index is 13.3. The van der Waals surface area contributed by atoms with Crippen molar-refractivity contribution in [2.75, 3.05) is 0 Å². The molecule has 0 atom stereocenters. The zero-order valence-electron chi connectivity index (χ0n) is 16.7. The molecule has 0 spiro atoms. The van der Waals surface area contributed by atoms with Gasteiger partial charge in [0.25, 0.3) is 0 Å². The van der Waals surface area contributed by atoms with Crippen LogP contribution >= 0.6 is 0 Å². The van der Waals surface area contributed by atoms with E-state index in [1.54, 1.807) is 0 Å². The van der Waals surface area contributed by atoms with Crippen molar-refractivity contribution in [2.45, 2.75) is 72.2 Å². The van der Waals surface area contributed by atoms with Gasteiger partial charge in [-0.3, -0.25) is 0 Å². The number of hydrogen-bond acceptors (Lipinski definition) is 1. The van der Waals surface area contributed by atoms with Crippen LogP contribution in [-0.2, 0) is 0 Å². The maximum atomic E-state index is 13.3. The summed E-state index contributed by atoms with van der Waals surface area (Å²) < 4.78 is 360. The highest BCUT2D eigenvalue weighted by Gasteiger charge is 3.05. The van der Waals surface area contributed by atoms with E-state index in [0.29, 0.717) is 0 Å². The molecule has 40 heavy (non-hydrogen) atoms. The lowest BCUT2D eigenvalue weighted by Crippen LogP contribution is -2.95. The lowest BCUT2D eigenvalue weighted by Gasteiger charge is -2.60. The van der Waals surface area contributed by atoms with Crippen LogP contribution in [0.25, 0.3) is 0 Å². The molecule has 0 unspecified atom stereocenters. The van der Waals surface area contributed by atoms with Crippen LogP contribution in [0.5, 0.6) is 0 Å². The van der Waals surface area contributed by atoms with E-state index in [9.17, 15) is 119 Å². The monoisotopic (exact) mass is 671 g/mol. The summed E-state index contributed by atoms with van der Waals surface area (Å²) in [6, 6.07) is 0. The van der Waals surface area contributed by atoms with Gasteiger partial charge in [0.1, 0.15) is 0 Å². The summed E-state index contributed by atoms with van der Waals surface area (Å²) in [6.07, 6.45) is -88.2. The summed E-state index contributed by atoms with van der Waals surface area (Å²) in [5.41, 5.74) is -31.6. The molecule has 0 aliphatic heterocycles. The Labute approximate surface area is 197 Å². The molecule has 0 aliphatic carbocycles. The minimum atomic E-state index is -10.5. The molecule has 0 fully saturated rings. The van der Waals surface area contributed by atoms with Crippen molar-refractivity contribution in [3.8, 4) is 0 Å². The van der Waals surface area contributed by atoms with Gasteiger partial charge in [-0.15, -0.1) is 0 Å². The van der Waals surface area contributed by atoms with Gasteiger partial charge >= 0.3 is 72.2 Å². The molecule has 0 aromatic carbocycles. The van der Waals surface area contributed by atoms with Crippen molar-refractivity contribution in [1.82, 2.24) is 4.90 Å². The highest BCUT2D eigenvalue weighted by atomic mass is 19.5. The normalized spacial score (nSPS) is 17.1. The van der Waals surface area contributed by atoms with Crippen molar-refractivity contribution in [3.05, 3.63) is 0 Å². The van der Waals surface area contributed by atoms with Gasteiger partial charge in [0, 0.05) is 0 Å². The first kappa shape index (κ1) is 38.1. The molecule has 0 aliphatic rings. The van der Waals surface area contributed by atoms with Crippen LogP contribution in [0.2, 0.25) is 0 Å². The fourth-order valence-corrected chi connectivity index (χ4v) is 3.34. The zero-order chi connectivity index (χ0) is 33.6. The standard InChI is InChI=1S/C12F27N/c13-4(14,15)1(5(16,17)18,6(19,20)21)40(2(7(22,23)24,8(25,26)27)9(28,29)30)3(10(31,32)33,11(34,35)36)12(37,38)39. The molecule has 0 saturated carbocycles. The average Bonchev–Trinajstić information content (AvgIpc) is 2.41. The lowest BCUT2D eigenvalue weighted by atomic mass is 9.76. The van der Waals surface area contributed by atoms with Gasteiger partial charge in [-0.05, 0) is 0 Å². The van der Waals surface area contributed by atoms with Gasteiger partial charge in [-0.2, -0.15) is 119 Å². The van der Waals surface area contributed by atoms with Gasteiger partial charge in [0.2, 0.25) is 0 Å². The Morgan fingerprint density at radius 3 is 0.300 bits per heavy atom. The molecule has 0 aromatic rings. The predicted octanol–water partition coefficient (Wildman–Crippen LogP) is 8.57. The Balaban J connectivity index is 10.1. The van der Waals surface area contributed by atoms with Crippen LogP contribution in [0.1, 0.15) is 0 Å². The Kier molecular flexibility index (Phi) is 8.60. The second-order valence-corrected chi connectivity index (χ2v) is 6.95. The highest BCUT2D eigenvalue weighted by Crippen LogP contribution is 2.72. The molecule has 0 aromatic heterocycles. The number of nitrogens with zero attached hydrogens (tertiary/aromatic N) is 1. The quantitative estimate of drug-likeness (QED) is 0.272. The smallest absolute Gasteiger partial charge is 0.215 e. The largest absolute Gasteiger partial charge is 0.424 e. The first-order chi connectivity index (χ1) is 16.6. The molecule has 0 rings (SSSR count). The summed E-state index contributed by atoms with van der Waals surface area (Å²) in [5.74, 6) is 0. The number of alkyl halides is 27. The van der Waals surface area contributed by atoms with Crippen LogP contribution in [0.3, 0.4) is 0 Å². The fourth-order valence-electron chi connectivity index (χ4n) is 3.34. The summed E-state index contributed by atoms with van der Waals surface area (Å²) in [6.45, 7) is 0. The van der Waals surface area contributed by atoms with Crippen LogP contribution in [0, 0.1) is 0 Å². The van der Waals surface area contributed by atoms with Gasteiger partial charge < -0.3 is 0 Å². The minimum Gasteiger partial charge on any atom is -0.215 e. The fraction of sp³-hybridized carbons (Fsp3) is 1.00. The van der Waals surface area contributed by atoms with Gasteiger partial charge in [-0.1, -0.05) is 0 Å². The molecule has 0 amide bonds. The number of halogens is 27. The number of rotatable bonds is 3. The van der Waals surface area contributed by atoms with Gasteiger partial charge in [-0.25, -0.2) is 4.90 Å². The van der Waals surface area contributed by atoms with Crippen molar-refractivity contribution < 1.29 is 119 Å². The Morgan fingerprint density at radius 2 is 0.250 bits per heavy atom.